The third-order valence-corrected chi connectivity index (χ3v) is 7.55. The number of amides is 2. The van der Waals surface area contributed by atoms with Gasteiger partial charge in [-0.05, 0) is 67.6 Å². The van der Waals surface area contributed by atoms with E-state index in [1.807, 2.05) is 22.8 Å². The lowest BCUT2D eigenvalue weighted by molar-refractivity contribution is -0.130. The van der Waals surface area contributed by atoms with Crippen LogP contribution in [0, 0.1) is 6.92 Å². The van der Waals surface area contributed by atoms with E-state index in [0.29, 0.717) is 24.0 Å². The smallest absolute Gasteiger partial charge is 0.289 e. The number of likely N-dealkylation sites (tertiary alicyclic amines) is 2. The summed E-state index contributed by atoms with van der Waals surface area (Å²) in [4.78, 5) is 29.7. The molecule has 158 valence electrons. The fourth-order valence-electron chi connectivity index (χ4n) is 5.86. The minimum Gasteiger partial charge on any atom is -0.459 e. The molecule has 3 heterocycles. The number of furan rings is 1. The third kappa shape index (κ3) is 3.24. The first-order chi connectivity index (χ1) is 14.6. The fourth-order valence-corrected chi connectivity index (χ4v) is 5.86. The van der Waals surface area contributed by atoms with E-state index in [-0.39, 0.29) is 11.3 Å². The maximum Gasteiger partial charge on any atom is 0.289 e. The summed E-state index contributed by atoms with van der Waals surface area (Å²) >= 11 is 0. The van der Waals surface area contributed by atoms with Gasteiger partial charge in [0.05, 0.1) is 6.26 Å². The molecule has 2 aliphatic heterocycles. The summed E-state index contributed by atoms with van der Waals surface area (Å²) in [6.45, 7) is 5.22. The largest absolute Gasteiger partial charge is 0.459 e. The van der Waals surface area contributed by atoms with E-state index in [0.717, 1.165) is 63.8 Å². The number of hydrogen-bond acceptors (Lipinski definition) is 3. The van der Waals surface area contributed by atoms with Crippen molar-refractivity contribution in [1.82, 2.24) is 9.80 Å². The zero-order valence-electron chi connectivity index (χ0n) is 17.7. The molecule has 1 atom stereocenters. The Morgan fingerprint density at radius 2 is 1.77 bits per heavy atom. The molecule has 2 amide bonds. The summed E-state index contributed by atoms with van der Waals surface area (Å²) < 4.78 is 5.43. The zero-order valence-corrected chi connectivity index (χ0v) is 17.7. The van der Waals surface area contributed by atoms with E-state index < -0.39 is 0 Å². The molecular weight excluding hydrogens is 376 g/mol. The van der Waals surface area contributed by atoms with E-state index in [4.69, 9.17) is 4.42 Å². The van der Waals surface area contributed by atoms with Gasteiger partial charge in [-0.1, -0.05) is 24.3 Å². The molecule has 0 unspecified atom stereocenters. The van der Waals surface area contributed by atoms with Crippen LogP contribution in [0.3, 0.4) is 0 Å². The summed E-state index contributed by atoms with van der Waals surface area (Å²) in [7, 11) is 0. The highest BCUT2D eigenvalue weighted by molar-refractivity contribution is 5.93. The van der Waals surface area contributed by atoms with Gasteiger partial charge >= 0.3 is 0 Å². The van der Waals surface area contributed by atoms with Gasteiger partial charge in [0, 0.05) is 38.2 Å². The van der Waals surface area contributed by atoms with Crippen molar-refractivity contribution in [2.45, 2.75) is 56.8 Å². The van der Waals surface area contributed by atoms with E-state index in [9.17, 15) is 9.59 Å². The molecule has 1 aromatic heterocycles. The molecule has 3 aliphatic rings. The van der Waals surface area contributed by atoms with Gasteiger partial charge < -0.3 is 14.2 Å². The Balaban J connectivity index is 1.32. The number of hydrogen-bond donors (Lipinski definition) is 0. The molecule has 2 saturated heterocycles. The Bertz CT molecular complexity index is 949. The van der Waals surface area contributed by atoms with E-state index in [2.05, 4.69) is 24.3 Å². The lowest BCUT2D eigenvalue weighted by atomic mass is 9.73. The molecular formula is C25H30N2O3. The molecule has 5 nitrogen and oxygen atoms in total. The summed E-state index contributed by atoms with van der Waals surface area (Å²) in [6, 6.07) is 10.5. The highest BCUT2D eigenvalue weighted by Crippen LogP contribution is 2.52. The van der Waals surface area contributed by atoms with Crippen molar-refractivity contribution >= 4 is 11.8 Å². The van der Waals surface area contributed by atoms with Crippen LogP contribution in [-0.4, -0.2) is 47.8 Å². The van der Waals surface area contributed by atoms with Crippen molar-refractivity contribution in [3.05, 3.63) is 59.0 Å². The molecule has 0 saturated carbocycles. The number of fused-ring (bicyclic) bond motifs is 2. The Labute approximate surface area is 178 Å². The molecule has 0 N–H and O–H groups in total. The Morgan fingerprint density at radius 3 is 2.47 bits per heavy atom. The lowest BCUT2D eigenvalue weighted by Crippen LogP contribution is -2.44. The summed E-state index contributed by atoms with van der Waals surface area (Å²) in [5.74, 6) is 1.07. The number of carbonyl (C=O) groups excluding carboxylic acids is 2. The van der Waals surface area contributed by atoms with E-state index >= 15 is 0 Å². The van der Waals surface area contributed by atoms with Crippen molar-refractivity contribution in [1.29, 1.82) is 0 Å². The molecule has 1 spiro atoms. The number of carbonyl (C=O) groups is 2. The average molecular weight is 407 g/mol. The van der Waals surface area contributed by atoms with Gasteiger partial charge in [0.2, 0.25) is 5.91 Å². The van der Waals surface area contributed by atoms with Crippen molar-refractivity contribution < 1.29 is 14.0 Å². The quantitative estimate of drug-likeness (QED) is 0.765. The molecule has 5 heteroatoms. The van der Waals surface area contributed by atoms with Crippen LogP contribution in [-0.2, 0) is 10.2 Å². The van der Waals surface area contributed by atoms with Gasteiger partial charge in [0.1, 0.15) is 0 Å². The van der Waals surface area contributed by atoms with Crippen molar-refractivity contribution in [2.75, 3.05) is 26.2 Å². The van der Waals surface area contributed by atoms with Crippen LogP contribution < -0.4 is 0 Å². The number of rotatable bonds is 3. The molecule has 1 aliphatic carbocycles. The molecule has 2 fully saturated rings. The van der Waals surface area contributed by atoms with Crippen molar-refractivity contribution in [3.8, 4) is 0 Å². The topological polar surface area (TPSA) is 53.8 Å². The lowest BCUT2D eigenvalue weighted by Gasteiger charge is -2.40. The van der Waals surface area contributed by atoms with Crippen LogP contribution >= 0.6 is 0 Å². The monoisotopic (exact) mass is 406 g/mol. The predicted molar refractivity (Wildman–Crippen MR) is 114 cm³/mol. The summed E-state index contributed by atoms with van der Waals surface area (Å²) in [5, 5.41) is 0. The van der Waals surface area contributed by atoms with Crippen molar-refractivity contribution in [3.63, 3.8) is 0 Å². The highest BCUT2D eigenvalue weighted by atomic mass is 16.3. The number of piperidine rings is 1. The van der Waals surface area contributed by atoms with Gasteiger partial charge in [-0.3, -0.25) is 9.59 Å². The van der Waals surface area contributed by atoms with Crippen LogP contribution in [0.2, 0.25) is 0 Å². The zero-order chi connectivity index (χ0) is 20.7. The standard InChI is InChI=1S/C25H30N2O3/c1-18-8-15-30-23(18)24(29)27-13-9-25(10-14-27)17-19(20-6-2-3-7-21(20)25)16-22(28)26-11-4-5-12-26/h2-3,6-8,15,19H,4-5,9-14,16-17H2,1H3/t19-/m0/s1. The number of benzene rings is 1. The summed E-state index contributed by atoms with van der Waals surface area (Å²) in [5.41, 5.74) is 3.74. The van der Waals surface area contributed by atoms with Gasteiger partial charge in [0.15, 0.2) is 5.76 Å². The van der Waals surface area contributed by atoms with Gasteiger partial charge in [-0.25, -0.2) is 0 Å². The maximum absolute atomic E-state index is 12.9. The van der Waals surface area contributed by atoms with E-state index in [1.165, 1.54) is 11.1 Å². The van der Waals surface area contributed by atoms with Crippen molar-refractivity contribution in [2.24, 2.45) is 0 Å². The Kier molecular flexibility index (Phi) is 4.92. The first-order valence-electron chi connectivity index (χ1n) is 11.3. The summed E-state index contributed by atoms with van der Waals surface area (Å²) in [6.07, 6.45) is 7.39. The van der Waals surface area contributed by atoms with Crippen LogP contribution in [0.5, 0.6) is 0 Å². The Morgan fingerprint density at radius 1 is 1.03 bits per heavy atom. The van der Waals surface area contributed by atoms with Gasteiger partial charge in [0.25, 0.3) is 5.91 Å². The molecule has 1 aromatic carbocycles. The number of nitrogens with zero attached hydrogens (tertiary/aromatic N) is 2. The number of aryl methyl sites for hydroxylation is 1. The first kappa shape index (κ1) is 19.4. The highest BCUT2D eigenvalue weighted by Gasteiger charge is 2.46. The van der Waals surface area contributed by atoms with Crippen LogP contribution in [0.15, 0.2) is 41.0 Å². The van der Waals surface area contributed by atoms with Crippen LogP contribution in [0.4, 0.5) is 0 Å². The second-order valence-electron chi connectivity index (χ2n) is 9.29. The molecule has 0 bridgehead atoms. The molecule has 0 radical (unpaired) electrons. The minimum atomic E-state index is -0.000562. The molecule has 30 heavy (non-hydrogen) atoms. The first-order valence-corrected chi connectivity index (χ1v) is 11.3. The second-order valence-corrected chi connectivity index (χ2v) is 9.29. The van der Waals surface area contributed by atoms with Crippen LogP contribution in [0.1, 0.15) is 71.7 Å². The SMILES string of the molecule is Cc1ccoc1C(=O)N1CCC2(CC1)C[C@H](CC(=O)N1CCCC1)c1ccccc12. The molecule has 5 rings (SSSR count). The van der Waals surface area contributed by atoms with Gasteiger partial charge in [-0.2, -0.15) is 0 Å². The van der Waals surface area contributed by atoms with E-state index in [1.54, 1.807) is 6.26 Å². The second kappa shape index (κ2) is 7.60. The third-order valence-electron chi connectivity index (χ3n) is 7.55. The normalized spacial score (nSPS) is 22.5. The molecule has 2 aromatic rings. The average Bonchev–Trinajstić information content (AvgIpc) is 3.50. The minimum absolute atomic E-state index is 0.000562. The van der Waals surface area contributed by atoms with Gasteiger partial charge in [-0.15, -0.1) is 0 Å². The predicted octanol–water partition coefficient (Wildman–Crippen LogP) is 4.26. The Hall–Kier alpha value is -2.56. The van der Waals surface area contributed by atoms with Crippen LogP contribution in [0.25, 0.3) is 0 Å². The fraction of sp³-hybridized carbons (Fsp3) is 0.520. The maximum atomic E-state index is 12.9.